The maximum Gasteiger partial charge on any atom is 0.189 e. The molecule has 0 unspecified atom stereocenters. The first-order valence-corrected chi connectivity index (χ1v) is 7.14. The molecular weight excluding hydrogens is 252 g/mol. The molecule has 0 spiro atoms. The molecule has 0 saturated heterocycles. The van der Waals surface area contributed by atoms with Crippen LogP contribution < -0.4 is 10.2 Å². The van der Waals surface area contributed by atoms with Gasteiger partial charge in [-0.25, -0.2) is 9.97 Å². The first kappa shape index (κ1) is 12.2. The predicted octanol–water partition coefficient (Wildman–Crippen LogP) is 3.07. The van der Waals surface area contributed by atoms with E-state index in [4.69, 9.17) is 0 Å². The Kier molecular flexibility index (Phi) is 3.86. The highest BCUT2D eigenvalue weighted by Gasteiger charge is 2.03. The molecule has 0 fully saturated rings. The van der Waals surface area contributed by atoms with Gasteiger partial charge in [-0.3, -0.25) is 0 Å². The number of hydrogen-bond donors (Lipinski definition) is 1. The molecule has 0 saturated carbocycles. The summed E-state index contributed by atoms with van der Waals surface area (Å²) in [5.74, 6) is 1.75. The maximum atomic E-state index is 4.48. The molecule has 2 aromatic rings. The van der Waals surface area contributed by atoms with Crippen molar-refractivity contribution >= 4 is 39.9 Å². The Hall–Kier alpha value is -1.27. The number of pyridine rings is 1. The minimum absolute atomic E-state index is 0.818. The van der Waals surface area contributed by atoms with Gasteiger partial charge < -0.3 is 10.2 Å². The number of thiazole rings is 1. The summed E-state index contributed by atoms with van der Waals surface area (Å²) in [5, 5.41) is 4.08. The van der Waals surface area contributed by atoms with Gasteiger partial charge in [-0.15, -0.1) is 11.8 Å². The molecule has 1 N–H and O–H groups in total. The molecule has 0 radical (unpaired) electrons. The van der Waals surface area contributed by atoms with Crippen LogP contribution in [-0.2, 0) is 0 Å². The lowest BCUT2D eigenvalue weighted by atomic mass is 10.4. The second-order valence-corrected chi connectivity index (χ2v) is 5.73. The predicted molar refractivity (Wildman–Crippen MR) is 75.7 cm³/mol. The summed E-state index contributed by atoms with van der Waals surface area (Å²) in [6.07, 6.45) is 3.91. The second kappa shape index (κ2) is 5.37. The molecule has 2 aromatic heterocycles. The van der Waals surface area contributed by atoms with Gasteiger partial charge >= 0.3 is 0 Å². The smallest absolute Gasteiger partial charge is 0.189 e. The van der Waals surface area contributed by atoms with Gasteiger partial charge in [0.1, 0.15) is 11.6 Å². The van der Waals surface area contributed by atoms with Gasteiger partial charge in [0.05, 0.1) is 10.4 Å². The second-order valence-electron chi connectivity index (χ2n) is 3.59. The molecule has 2 rings (SSSR count). The molecule has 0 aliphatic heterocycles. The first-order chi connectivity index (χ1) is 8.19. The van der Waals surface area contributed by atoms with Crippen LogP contribution in [0.1, 0.15) is 0 Å². The Balaban J connectivity index is 2.15. The molecule has 0 atom stereocenters. The first-order valence-electron chi connectivity index (χ1n) is 5.10. The van der Waals surface area contributed by atoms with Crippen molar-refractivity contribution in [2.24, 2.45) is 0 Å². The molecular formula is C11H14N4S2. The Morgan fingerprint density at radius 1 is 1.35 bits per heavy atom. The van der Waals surface area contributed by atoms with E-state index < -0.39 is 0 Å². The Morgan fingerprint density at radius 2 is 2.18 bits per heavy atom. The number of thioether (sulfide) groups is 1. The average Bonchev–Trinajstić information content (AvgIpc) is 2.77. The monoisotopic (exact) mass is 266 g/mol. The lowest BCUT2D eigenvalue weighted by Crippen LogP contribution is -2.10. The minimum Gasteiger partial charge on any atom is -0.363 e. The molecule has 90 valence electrons. The average molecular weight is 266 g/mol. The van der Waals surface area contributed by atoms with E-state index in [9.17, 15) is 0 Å². The van der Waals surface area contributed by atoms with E-state index in [1.165, 1.54) is 4.21 Å². The van der Waals surface area contributed by atoms with Crippen LogP contribution in [0.5, 0.6) is 0 Å². The van der Waals surface area contributed by atoms with Crippen molar-refractivity contribution < 1.29 is 0 Å². The lowest BCUT2D eigenvalue weighted by molar-refractivity contribution is 1.07. The van der Waals surface area contributed by atoms with E-state index in [1.54, 1.807) is 23.1 Å². The van der Waals surface area contributed by atoms with Crippen LogP contribution in [0.3, 0.4) is 0 Å². The van der Waals surface area contributed by atoms with E-state index in [2.05, 4.69) is 15.3 Å². The molecule has 2 heterocycles. The fourth-order valence-electron chi connectivity index (χ4n) is 1.26. The van der Waals surface area contributed by atoms with Crippen molar-refractivity contribution in [2.75, 3.05) is 30.6 Å². The molecule has 0 amide bonds. The molecule has 0 aromatic carbocycles. The van der Waals surface area contributed by atoms with Gasteiger partial charge in [0.15, 0.2) is 5.13 Å². The third-order valence-corrected chi connectivity index (χ3v) is 4.08. The zero-order chi connectivity index (χ0) is 12.3. The van der Waals surface area contributed by atoms with E-state index in [0.717, 1.165) is 16.8 Å². The molecule has 0 bridgehead atoms. The zero-order valence-electron chi connectivity index (χ0n) is 9.97. The Bertz CT molecular complexity index is 496. The quantitative estimate of drug-likeness (QED) is 0.861. The van der Waals surface area contributed by atoms with Gasteiger partial charge in [-0.1, -0.05) is 17.4 Å². The van der Waals surface area contributed by atoms with Crippen molar-refractivity contribution in [3.8, 4) is 0 Å². The van der Waals surface area contributed by atoms with Crippen molar-refractivity contribution in [2.45, 2.75) is 4.21 Å². The molecule has 17 heavy (non-hydrogen) atoms. The minimum atomic E-state index is 0.818. The summed E-state index contributed by atoms with van der Waals surface area (Å²) in [5.41, 5.74) is 0. The van der Waals surface area contributed by atoms with Crippen LogP contribution in [0.25, 0.3) is 0 Å². The van der Waals surface area contributed by atoms with E-state index in [0.29, 0.717) is 0 Å². The summed E-state index contributed by atoms with van der Waals surface area (Å²) in [4.78, 5) is 10.7. The third-order valence-electron chi connectivity index (χ3n) is 2.11. The van der Waals surface area contributed by atoms with E-state index in [1.807, 2.05) is 49.6 Å². The highest BCUT2D eigenvalue weighted by molar-refractivity contribution is 8.00. The summed E-state index contributed by atoms with van der Waals surface area (Å²) in [6.45, 7) is 0. The summed E-state index contributed by atoms with van der Waals surface area (Å²) < 4.78 is 1.19. The van der Waals surface area contributed by atoms with Gasteiger partial charge in [0.25, 0.3) is 0 Å². The summed E-state index contributed by atoms with van der Waals surface area (Å²) in [6, 6.07) is 5.89. The van der Waals surface area contributed by atoms with Crippen molar-refractivity contribution in [3.05, 3.63) is 24.4 Å². The lowest BCUT2D eigenvalue weighted by Gasteiger charge is -2.12. The Morgan fingerprint density at radius 3 is 2.82 bits per heavy atom. The summed E-state index contributed by atoms with van der Waals surface area (Å²) >= 11 is 3.32. The van der Waals surface area contributed by atoms with E-state index >= 15 is 0 Å². The summed E-state index contributed by atoms with van der Waals surface area (Å²) in [7, 11) is 3.95. The molecule has 6 heteroatoms. The third kappa shape index (κ3) is 3.10. The number of rotatable bonds is 4. The van der Waals surface area contributed by atoms with Crippen molar-refractivity contribution in [3.63, 3.8) is 0 Å². The molecule has 0 aliphatic carbocycles. The standard InChI is InChI=1S/C11H14N4S2/c1-15(2)9-6-4-5-8(13-9)14-11-12-7-10(16-3)17-11/h4-7H,1-3H3,(H,12,13,14). The van der Waals surface area contributed by atoms with Gasteiger partial charge in [0, 0.05) is 14.1 Å². The number of aromatic nitrogens is 2. The SMILES string of the molecule is CSc1cnc(Nc2cccc(N(C)C)n2)s1. The normalized spacial score (nSPS) is 10.3. The van der Waals surface area contributed by atoms with Crippen molar-refractivity contribution in [1.82, 2.24) is 9.97 Å². The number of nitrogens with one attached hydrogen (secondary N) is 1. The van der Waals surface area contributed by atoms with Gasteiger partial charge in [-0.2, -0.15) is 0 Å². The van der Waals surface area contributed by atoms with E-state index in [-0.39, 0.29) is 0 Å². The largest absolute Gasteiger partial charge is 0.363 e. The van der Waals surface area contributed by atoms with Gasteiger partial charge in [-0.05, 0) is 18.4 Å². The fourth-order valence-corrected chi connectivity index (χ4v) is 2.55. The zero-order valence-corrected chi connectivity index (χ0v) is 11.6. The van der Waals surface area contributed by atoms with Crippen molar-refractivity contribution in [1.29, 1.82) is 0 Å². The van der Waals surface area contributed by atoms with Crippen LogP contribution in [0, 0.1) is 0 Å². The van der Waals surface area contributed by atoms with Crippen LogP contribution in [0.4, 0.5) is 16.8 Å². The maximum absolute atomic E-state index is 4.48. The topological polar surface area (TPSA) is 41.1 Å². The fraction of sp³-hybridized carbons (Fsp3) is 0.273. The number of anilines is 3. The Labute approximate surface area is 109 Å². The highest BCUT2D eigenvalue weighted by Crippen LogP contribution is 2.28. The number of nitrogens with zero attached hydrogens (tertiary/aromatic N) is 3. The molecule has 4 nitrogen and oxygen atoms in total. The van der Waals surface area contributed by atoms with Crippen LogP contribution in [-0.4, -0.2) is 30.3 Å². The molecule has 0 aliphatic rings. The number of hydrogen-bond acceptors (Lipinski definition) is 6. The van der Waals surface area contributed by atoms with Crippen LogP contribution in [0.15, 0.2) is 28.6 Å². The van der Waals surface area contributed by atoms with Gasteiger partial charge in [0.2, 0.25) is 0 Å². The van der Waals surface area contributed by atoms with Crippen LogP contribution >= 0.6 is 23.1 Å². The van der Waals surface area contributed by atoms with Crippen LogP contribution in [0.2, 0.25) is 0 Å². The highest BCUT2D eigenvalue weighted by atomic mass is 32.2.